The summed E-state index contributed by atoms with van der Waals surface area (Å²) >= 11 is 3.67. The van der Waals surface area contributed by atoms with Crippen LogP contribution in [-0.4, -0.2) is 44.4 Å². The molecule has 7 nitrogen and oxygen atoms in total. The second-order valence-corrected chi connectivity index (χ2v) is 8.63. The SMILES string of the molecule is O=c1nc(N2CCc3cc(Br)cc(CN4CCCCC4)c32)c2cccnc2n1O. The Labute approximate surface area is 176 Å². The van der Waals surface area contributed by atoms with E-state index in [9.17, 15) is 10.0 Å². The normalized spacial score (nSPS) is 17.1. The number of hydrogen-bond donors (Lipinski definition) is 1. The fourth-order valence-electron chi connectivity index (χ4n) is 4.52. The first-order valence-electron chi connectivity index (χ1n) is 10.00. The molecule has 1 N–H and O–H groups in total. The van der Waals surface area contributed by atoms with Gasteiger partial charge in [0.05, 0.1) is 11.1 Å². The first-order valence-corrected chi connectivity index (χ1v) is 10.8. The highest BCUT2D eigenvalue weighted by atomic mass is 79.9. The van der Waals surface area contributed by atoms with Crippen molar-refractivity contribution < 1.29 is 5.21 Å². The van der Waals surface area contributed by atoms with Gasteiger partial charge in [0.15, 0.2) is 5.65 Å². The second kappa shape index (κ2) is 7.42. The first kappa shape index (κ1) is 18.6. The van der Waals surface area contributed by atoms with Crippen LogP contribution in [0, 0.1) is 0 Å². The van der Waals surface area contributed by atoms with Crippen molar-refractivity contribution in [3.63, 3.8) is 0 Å². The molecule has 1 saturated heterocycles. The maximum absolute atomic E-state index is 12.3. The van der Waals surface area contributed by atoms with Crippen molar-refractivity contribution in [1.29, 1.82) is 0 Å². The summed E-state index contributed by atoms with van der Waals surface area (Å²) in [5.74, 6) is 0.560. The smallest absolute Gasteiger partial charge is 0.384 e. The van der Waals surface area contributed by atoms with E-state index in [-0.39, 0.29) is 5.65 Å². The number of fused-ring (bicyclic) bond motifs is 2. The van der Waals surface area contributed by atoms with E-state index in [1.54, 1.807) is 12.3 Å². The number of likely N-dealkylation sites (tertiary alicyclic amines) is 1. The van der Waals surface area contributed by atoms with E-state index in [1.165, 1.54) is 30.4 Å². The predicted octanol–water partition coefficient (Wildman–Crippen LogP) is 3.47. The number of piperidine rings is 1. The van der Waals surface area contributed by atoms with Crippen molar-refractivity contribution in [2.75, 3.05) is 24.5 Å². The van der Waals surface area contributed by atoms with Crippen LogP contribution in [0.2, 0.25) is 0 Å². The quantitative estimate of drug-likeness (QED) is 0.609. The summed E-state index contributed by atoms with van der Waals surface area (Å²) in [7, 11) is 0. The number of aromatic nitrogens is 3. The second-order valence-electron chi connectivity index (χ2n) is 7.72. The van der Waals surface area contributed by atoms with Gasteiger partial charge in [-0.15, -0.1) is 4.73 Å². The number of halogens is 1. The van der Waals surface area contributed by atoms with Gasteiger partial charge in [-0.25, -0.2) is 9.78 Å². The molecular formula is C21H22BrN5O2. The number of benzene rings is 1. The molecule has 0 bridgehead atoms. The highest BCUT2D eigenvalue weighted by Crippen LogP contribution is 2.40. The summed E-state index contributed by atoms with van der Waals surface area (Å²) in [5.41, 5.74) is 3.13. The summed E-state index contributed by atoms with van der Waals surface area (Å²) < 4.78 is 1.60. The van der Waals surface area contributed by atoms with E-state index in [2.05, 4.69) is 47.8 Å². The molecule has 150 valence electrons. The van der Waals surface area contributed by atoms with Gasteiger partial charge in [-0.05, 0) is 67.7 Å². The average molecular weight is 456 g/mol. The molecule has 3 aromatic rings. The molecule has 4 heterocycles. The lowest BCUT2D eigenvalue weighted by atomic mass is 10.0. The molecule has 0 spiro atoms. The molecule has 2 aliphatic heterocycles. The molecule has 2 aromatic heterocycles. The maximum atomic E-state index is 12.3. The Hall–Kier alpha value is -2.45. The van der Waals surface area contributed by atoms with Crippen LogP contribution in [0.3, 0.4) is 0 Å². The van der Waals surface area contributed by atoms with Crippen LogP contribution < -0.4 is 10.6 Å². The lowest BCUT2D eigenvalue weighted by Gasteiger charge is -2.29. The fourth-order valence-corrected chi connectivity index (χ4v) is 5.08. The van der Waals surface area contributed by atoms with Crippen molar-refractivity contribution in [2.24, 2.45) is 0 Å². The van der Waals surface area contributed by atoms with E-state index < -0.39 is 5.69 Å². The summed E-state index contributed by atoms with van der Waals surface area (Å²) in [6.45, 7) is 3.86. The molecule has 5 rings (SSSR count). The van der Waals surface area contributed by atoms with Crippen LogP contribution in [-0.2, 0) is 13.0 Å². The highest BCUT2D eigenvalue weighted by molar-refractivity contribution is 9.10. The van der Waals surface area contributed by atoms with E-state index in [1.807, 2.05) is 6.07 Å². The first-order chi connectivity index (χ1) is 14.1. The molecule has 0 unspecified atom stereocenters. The van der Waals surface area contributed by atoms with Gasteiger partial charge in [0, 0.05) is 23.8 Å². The van der Waals surface area contributed by atoms with Gasteiger partial charge in [0.25, 0.3) is 0 Å². The number of pyridine rings is 1. The average Bonchev–Trinajstić information content (AvgIpc) is 3.15. The molecule has 1 aromatic carbocycles. The zero-order chi connectivity index (χ0) is 20.0. The topological polar surface area (TPSA) is 74.5 Å². The highest BCUT2D eigenvalue weighted by Gasteiger charge is 2.28. The Morgan fingerprint density at radius 1 is 1.14 bits per heavy atom. The fraction of sp³-hybridized carbons (Fsp3) is 0.381. The number of anilines is 2. The monoisotopic (exact) mass is 455 g/mol. The standard InChI is InChI=1S/C21H22BrN5O2/c22-16-11-14-6-10-26(18(14)15(12-16)13-25-8-2-1-3-9-25)20-17-5-4-7-23-19(17)27(29)21(28)24-20/h4-5,7,11-12,29H,1-3,6,8-10,13H2. The minimum atomic E-state index is -0.714. The Balaban J connectivity index is 1.64. The molecule has 29 heavy (non-hydrogen) atoms. The Kier molecular flexibility index (Phi) is 4.75. The molecular weight excluding hydrogens is 434 g/mol. The summed E-state index contributed by atoms with van der Waals surface area (Å²) in [6, 6.07) is 7.98. The van der Waals surface area contributed by atoms with Crippen LogP contribution in [0.1, 0.15) is 30.4 Å². The lowest BCUT2D eigenvalue weighted by Crippen LogP contribution is -2.30. The molecule has 0 atom stereocenters. The van der Waals surface area contributed by atoms with Crippen LogP contribution in [0.4, 0.5) is 11.5 Å². The summed E-state index contributed by atoms with van der Waals surface area (Å²) in [5, 5.41) is 10.7. The van der Waals surface area contributed by atoms with Gasteiger partial charge in [-0.2, -0.15) is 4.98 Å². The summed E-state index contributed by atoms with van der Waals surface area (Å²) in [6.07, 6.45) is 6.24. The van der Waals surface area contributed by atoms with Crippen molar-refractivity contribution >= 4 is 38.5 Å². The van der Waals surface area contributed by atoms with Gasteiger partial charge < -0.3 is 10.1 Å². The summed E-state index contributed by atoms with van der Waals surface area (Å²) in [4.78, 5) is 25.3. The maximum Gasteiger partial charge on any atom is 0.384 e. The molecule has 8 heteroatoms. The molecule has 0 aliphatic carbocycles. The zero-order valence-electron chi connectivity index (χ0n) is 16.0. The van der Waals surface area contributed by atoms with Crippen LogP contribution >= 0.6 is 15.9 Å². The van der Waals surface area contributed by atoms with E-state index >= 15 is 0 Å². The van der Waals surface area contributed by atoms with Gasteiger partial charge in [-0.3, -0.25) is 4.90 Å². The molecule has 0 saturated carbocycles. The Morgan fingerprint density at radius 2 is 1.97 bits per heavy atom. The third kappa shape index (κ3) is 3.30. The van der Waals surface area contributed by atoms with E-state index in [0.29, 0.717) is 15.9 Å². The van der Waals surface area contributed by atoms with Crippen LogP contribution in [0.25, 0.3) is 11.0 Å². The van der Waals surface area contributed by atoms with Crippen molar-refractivity contribution in [1.82, 2.24) is 19.6 Å². The minimum absolute atomic E-state index is 0.227. The molecule has 1 fully saturated rings. The third-order valence-electron chi connectivity index (χ3n) is 5.82. The van der Waals surface area contributed by atoms with Gasteiger partial charge in [0.2, 0.25) is 0 Å². The van der Waals surface area contributed by atoms with Gasteiger partial charge >= 0.3 is 5.69 Å². The largest absolute Gasteiger partial charge is 0.422 e. The minimum Gasteiger partial charge on any atom is -0.422 e. The Bertz CT molecular complexity index is 1140. The number of rotatable bonds is 3. The van der Waals surface area contributed by atoms with Crippen LogP contribution in [0.5, 0.6) is 0 Å². The van der Waals surface area contributed by atoms with E-state index in [0.717, 1.165) is 42.8 Å². The lowest BCUT2D eigenvalue weighted by molar-refractivity contribution is 0.182. The molecule has 0 radical (unpaired) electrons. The zero-order valence-corrected chi connectivity index (χ0v) is 17.6. The van der Waals surface area contributed by atoms with Crippen LogP contribution in [0.15, 0.2) is 39.7 Å². The molecule has 0 amide bonds. The predicted molar refractivity (Wildman–Crippen MR) is 115 cm³/mol. The van der Waals surface area contributed by atoms with Gasteiger partial charge in [0.1, 0.15) is 5.82 Å². The van der Waals surface area contributed by atoms with Crippen molar-refractivity contribution in [3.05, 3.63) is 56.5 Å². The Morgan fingerprint density at radius 3 is 2.79 bits per heavy atom. The van der Waals surface area contributed by atoms with Crippen molar-refractivity contribution in [2.45, 2.75) is 32.2 Å². The molecule has 2 aliphatic rings. The van der Waals surface area contributed by atoms with Crippen molar-refractivity contribution in [3.8, 4) is 0 Å². The van der Waals surface area contributed by atoms with E-state index in [4.69, 9.17) is 0 Å². The number of hydrogen-bond acceptors (Lipinski definition) is 6. The number of nitrogens with zero attached hydrogens (tertiary/aromatic N) is 5. The van der Waals surface area contributed by atoms with Gasteiger partial charge in [-0.1, -0.05) is 22.4 Å². The third-order valence-corrected chi connectivity index (χ3v) is 6.27.